The SMILES string of the molecule is O=S1C=Nc2ccc(CCN3CCN(c4ccc(F)cc4)CC3)cc21. The van der Waals surface area contributed by atoms with Crippen molar-refractivity contribution in [2.75, 3.05) is 37.6 Å². The molecule has 0 radical (unpaired) electrons. The van der Waals surface area contributed by atoms with Gasteiger partial charge in [-0.15, -0.1) is 0 Å². The van der Waals surface area contributed by atoms with Crippen LogP contribution in [0.4, 0.5) is 15.8 Å². The first-order chi connectivity index (χ1) is 12.2. The predicted octanol–water partition coefficient (Wildman–Crippen LogP) is 2.97. The van der Waals surface area contributed by atoms with Gasteiger partial charge in [0.15, 0.2) is 0 Å². The number of nitrogens with zero attached hydrogens (tertiary/aromatic N) is 3. The first-order valence-electron chi connectivity index (χ1n) is 8.49. The van der Waals surface area contributed by atoms with Gasteiger partial charge in [0.25, 0.3) is 0 Å². The summed E-state index contributed by atoms with van der Waals surface area (Å²) in [5, 5.41) is 0. The summed E-state index contributed by atoms with van der Waals surface area (Å²) in [7, 11) is -1.08. The number of hydrogen-bond acceptors (Lipinski definition) is 4. The summed E-state index contributed by atoms with van der Waals surface area (Å²) in [6.07, 6.45) is 0.945. The summed E-state index contributed by atoms with van der Waals surface area (Å²) in [5.74, 6) is -0.192. The maximum Gasteiger partial charge on any atom is 0.123 e. The van der Waals surface area contributed by atoms with E-state index in [0.29, 0.717) is 0 Å². The monoisotopic (exact) mass is 357 g/mol. The molecule has 2 aromatic carbocycles. The average molecular weight is 357 g/mol. The molecule has 0 spiro atoms. The van der Waals surface area contributed by atoms with Gasteiger partial charge in [-0.25, -0.2) is 13.6 Å². The van der Waals surface area contributed by atoms with Gasteiger partial charge in [0.1, 0.15) is 5.82 Å². The van der Waals surface area contributed by atoms with E-state index in [1.54, 1.807) is 0 Å². The Labute approximate surface area is 149 Å². The summed E-state index contributed by atoms with van der Waals surface area (Å²) in [5.41, 5.74) is 4.62. The fourth-order valence-corrected chi connectivity index (χ4v) is 4.23. The van der Waals surface area contributed by atoms with Crippen molar-refractivity contribution in [3.05, 3.63) is 53.8 Å². The highest BCUT2D eigenvalue weighted by atomic mass is 32.2. The molecule has 2 aliphatic heterocycles. The average Bonchev–Trinajstić information content (AvgIpc) is 3.02. The van der Waals surface area contributed by atoms with E-state index in [2.05, 4.69) is 20.9 Å². The van der Waals surface area contributed by atoms with Gasteiger partial charge >= 0.3 is 0 Å². The van der Waals surface area contributed by atoms with Crippen LogP contribution in [0.3, 0.4) is 0 Å². The van der Waals surface area contributed by atoms with E-state index in [4.69, 9.17) is 0 Å². The smallest absolute Gasteiger partial charge is 0.123 e. The van der Waals surface area contributed by atoms with Crippen molar-refractivity contribution >= 4 is 27.7 Å². The maximum absolute atomic E-state index is 13.0. The van der Waals surface area contributed by atoms with Crippen molar-refractivity contribution in [3.8, 4) is 0 Å². The van der Waals surface area contributed by atoms with E-state index >= 15 is 0 Å². The minimum absolute atomic E-state index is 0.192. The first kappa shape index (κ1) is 16.4. The van der Waals surface area contributed by atoms with Gasteiger partial charge in [-0.1, -0.05) is 6.07 Å². The highest BCUT2D eigenvalue weighted by molar-refractivity contribution is 7.99. The maximum atomic E-state index is 13.0. The molecule has 0 N–H and O–H groups in total. The van der Waals surface area contributed by atoms with Crippen LogP contribution in [-0.4, -0.2) is 47.4 Å². The fraction of sp³-hybridized carbons (Fsp3) is 0.316. The Kier molecular flexibility index (Phi) is 4.63. The Bertz CT molecular complexity index is 814. The van der Waals surface area contributed by atoms with Crippen LogP contribution in [0, 0.1) is 5.82 Å². The van der Waals surface area contributed by atoms with Crippen LogP contribution in [0.25, 0.3) is 0 Å². The summed E-state index contributed by atoms with van der Waals surface area (Å²) >= 11 is 0. The highest BCUT2D eigenvalue weighted by Crippen LogP contribution is 2.28. The highest BCUT2D eigenvalue weighted by Gasteiger charge is 2.18. The Morgan fingerprint density at radius 2 is 1.80 bits per heavy atom. The number of halogens is 1. The molecule has 0 aliphatic carbocycles. The third-order valence-electron chi connectivity index (χ3n) is 4.81. The van der Waals surface area contributed by atoms with E-state index in [9.17, 15) is 8.60 Å². The lowest BCUT2D eigenvalue weighted by Crippen LogP contribution is -2.47. The molecule has 25 heavy (non-hydrogen) atoms. The fourth-order valence-electron chi connectivity index (χ4n) is 3.31. The lowest BCUT2D eigenvalue weighted by Gasteiger charge is -2.36. The van der Waals surface area contributed by atoms with Crippen LogP contribution in [0.15, 0.2) is 52.4 Å². The Morgan fingerprint density at radius 1 is 1.04 bits per heavy atom. The molecule has 2 heterocycles. The second-order valence-corrected chi connectivity index (χ2v) is 7.63. The van der Waals surface area contributed by atoms with Crippen LogP contribution in [0.1, 0.15) is 5.56 Å². The lowest BCUT2D eigenvalue weighted by molar-refractivity contribution is 0.261. The molecule has 2 aromatic rings. The zero-order chi connectivity index (χ0) is 17.2. The third kappa shape index (κ3) is 3.65. The lowest BCUT2D eigenvalue weighted by atomic mass is 10.1. The van der Waals surface area contributed by atoms with Crippen LogP contribution in [0.5, 0.6) is 0 Å². The number of hydrogen-bond donors (Lipinski definition) is 0. The van der Waals surface area contributed by atoms with Gasteiger partial charge in [-0.2, -0.15) is 0 Å². The minimum atomic E-state index is -1.08. The summed E-state index contributed by atoms with van der Waals surface area (Å²) < 4.78 is 24.9. The van der Waals surface area contributed by atoms with E-state index in [1.807, 2.05) is 24.3 Å². The second kappa shape index (κ2) is 7.06. The van der Waals surface area contributed by atoms with Gasteiger partial charge in [0.2, 0.25) is 0 Å². The molecule has 1 saturated heterocycles. The molecule has 0 amide bonds. The standard InChI is InChI=1S/C19H20FN3OS/c20-16-2-4-17(5-3-16)23-11-9-22(10-12-23)8-7-15-1-6-18-19(13-15)25(24)14-21-18/h1-6,13-14H,7-12H2. The van der Waals surface area contributed by atoms with Gasteiger partial charge in [0, 0.05) is 38.4 Å². The van der Waals surface area contributed by atoms with E-state index in [1.165, 1.54) is 23.2 Å². The van der Waals surface area contributed by atoms with Crippen LogP contribution in [-0.2, 0) is 17.2 Å². The van der Waals surface area contributed by atoms with Crippen molar-refractivity contribution in [3.63, 3.8) is 0 Å². The minimum Gasteiger partial charge on any atom is -0.369 e. The number of piperazine rings is 1. The Hall–Kier alpha value is -2.05. The molecule has 1 atom stereocenters. The molecule has 1 fully saturated rings. The number of aliphatic imine (C=N–C) groups is 1. The molecule has 1 unspecified atom stereocenters. The van der Waals surface area contributed by atoms with Gasteiger partial charge in [-0.05, 0) is 48.4 Å². The molecule has 0 saturated carbocycles. The molecule has 6 heteroatoms. The second-order valence-electron chi connectivity index (χ2n) is 6.39. The quantitative estimate of drug-likeness (QED) is 0.844. The number of fused-ring (bicyclic) bond motifs is 1. The van der Waals surface area contributed by atoms with Crippen molar-refractivity contribution < 1.29 is 8.60 Å². The number of anilines is 1. The Balaban J connectivity index is 1.30. The van der Waals surface area contributed by atoms with E-state index < -0.39 is 10.8 Å². The number of rotatable bonds is 4. The van der Waals surface area contributed by atoms with Gasteiger partial charge in [0.05, 0.1) is 26.9 Å². The third-order valence-corrected chi connectivity index (χ3v) is 5.87. The van der Waals surface area contributed by atoms with Crippen molar-refractivity contribution in [1.82, 2.24) is 4.90 Å². The molecule has 0 aromatic heterocycles. The molecular formula is C19H20FN3OS. The predicted molar refractivity (Wildman–Crippen MR) is 99.8 cm³/mol. The van der Waals surface area contributed by atoms with Crippen molar-refractivity contribution in [2.24, 2.45) is 4.99 Å². The topological polar surface area (TPSA) is 35.9 Å². The largest absolute Gasteiger partial charge is 0.369 e. The first-order valence-corrected chi connectivity index (χ1v) is 9.71. The van der Waals surface area contributed by atoms with E-state index in [0.717, 1.165) is 55.4 Å². The van der Waals surface area contributed by atoms with Crippen LogP contribution >= 0.6 is 0 Å². The van der Waals surface area contributed by atoms with Crippen molar-refractivity contribution in [2.45, 2.75) is 11.3 Å². The molecule has 130 valence electrons. The normalized spacial score (nSPS) is 20.0. The van der Waals surface area contributed by atoms with Crippen LogP contribution in [0.2, 0.25) is 0 Å². The summed E-state index contributed by atoms with van der Waals surface area (Å²) in [6.45, 7) is 4.89. The molecule has 4 rings (SSSR count). The Morgan fingerprint density at radius 3 is 2.56 bits per heavy atom. The zero-order valence-electron chi connectivity index (χ0n) is 13.9. The number of benzene rings is 2. The molecular weight excluding hydrogens is 337 g/mol. The van der Waals surface area contributed by atoms with Gasteiger partial charge in [-0.3, -0.25) is 4.90 Å². The van der Waals surface area contributed by atoms with Crippen LogP contribution < -0.4 is 4.90 Å². The molecule has 2 aliphatic rings. The van der Waals surface area contributed by atoms with Gasteiger partial charge < -0.3 is 4.90 Å². The summed E-state index contributed by atoms with van der Waals surface area (Å²) in [6, 6.07) is 12.8. The molecule has 0 bridgehead atoms. The zero-order valence-corrected chi connectivity index (χ0v) is 14.7. The summed E-state index contributed by atoms with van der Waals surface area (Å²) in [4.78, 5) is 9.72. The van der Waals surface area contributed by atoms with Crippen molar-refractivity contribution in [1.29, 1.82) is 0 Å². The molecule has 4 nitrogen and oxygen atoms in total. The van der Waals surface area contributed by atoms with E-state index in [-0.39, 0.29) is 5.82 Å².